The van der Waals surface area contributed by atoms with Crippen LogP contribution in [0.25, 0.3) is 6.08 Å². The number of rotatable bonds is 6. The number of halogens is 1. The summed E-state index contributed by atoms with van der Waals surface area (Å²) in [6, 6.07) is 5.49. The zero-order chi connectivity index (χ0) is 12.7. The van der Waals surface area contributed by atoms with Crippen LogP contribution in [0.15, 0.2) is 24.3 Å². The van der Waals surface area contributed by atoms with Crippen LogP contribution in [0.3, 0.4) is 0 Å². The summed E-state index contributed by atoms with van der Waals surface area (Å²) in [7, 11) is 0. The second-order valence-corrected chi connectivity index (χ2v) is 3.86. The van der Waals surface area contributed by atoms with Gasteiger partial charge in [-0.2, -0.15) is 0 Å². The predicted molar refractivity (Wildman–Crippen MR) is 68.5 cm³/mol. The van der Waals surface area contributed by atoms with Crippen molar-refractivity contribution in [1.82, 2.24) is 0 Å². The van der Waals surface area contributed by atoms with Crippen LogP contribution in [0.2, 0.25) is 5.02 Å². The Morgan fingerprint density at radius 3 is 2.88 bits per heavy atom. The molecule has 1 N–H and O–H groups in total. The van der Waals surface area contributed by atoms with Gasteiger partial charge in [0.25, 0.3) is 0 Å². The average molecular weight is 255 g/mol. The van der Waals surface area contributed by atoms with Crippen LogP contribution >= 0.6 is 11.6 Å². The van der Waals surface area contributed by atoms with Crippen molar-refractivity contribution in [1.29, 1.82) is 0 Å². The van der Waals surface area contributed by atoms with Gasteiger partial charge in [-0.15, -0.1) is 0 Å². The molecule has 1 aromatic rings. The third-order valence-corrected chi connectivity index (χ3v) is 2.39. The molecular weight excluding hydrogens is 240 g/mol. The summed E-state index contributed by atoms with van der Waals surface area (Å²) in [6.07, 6.45) is 4.33. The molecule has 0 saturated carbocycles. The molecule has 4 heteroatoms. The van der Waals surface area contributed by atoms with Crippen molar-refractivity contribution in [2.45, 2.75) is 19.8 Å². The van der Waals surface area contributed by atoms with E-state index in [0.29, 0.717) is 23.8 Å². The van der Waals surface area contributed by atoms with E-state index in [-0.39, 0.29) is 6.42 Å². The molecule has 0 unspecified atom stereocenters. The fourth-order valence-corrected chi connectivity index (χ4v) is 1.56. The Labute approximate surface area is 106 Å². The second kappa shape index (κ2) is 6.97. The molecule has 0 radical (unpaired) electrons. The standard InChI is InChI=1S/C13H15ClO3/c1-2-17-12-8-7-10(9-11(12)14)5-3-4-6-13(15)16/h3,5,7-9H,2,4,6H2,1H3,(H,15,16). The van der Waals surface area contributed by atoms with E-state index in [1.165, 1.54) is 0 Å². The Hall–Kier alpha value is -1.48. The van der Waals surface area contributed by atoms with Crippen molar-refractivity contribution in [3.63, 3.8) is 0 Å². The minimum absolute atomic E-state index is 0.140. The summed E-state index contributed by atoms with van der Waals surface area (Å²) in [5.41, 5.74) is 0.934. The van der Waals surface area contributed by atoms with Gasteiger partial charge in [0, 0.05) is 6.42 Å². The van der Waals surface area contributed by atoms with Crippen molar-refractivity contribution in [3.05, 3.63) is 34.9 Å². The van der Waals surface area contributed by atoms with Gasteiger partial charge in [-0.3, -0.25) is 4.79 Å². The highest BCUT2D eigenvalue weighted by Crippen LogP contribution is 2.25. The summed E-state index contributed by atoms with van der Waals surface area (Å²) in [4.78, 5) is 10.3. The third kappa shape index (κ3) is 4.91. The number of aliphatic carboxylic acids is 1. The largest absolute Gasteiger partial charge is 0.492 e. The molecule has 0 amide bonds. The van der Waals surface area contributed by atoms with Crippen molar-refractivity contribution in [3.8, 4) is 5.75 Å². The van der Waals surface area contributed by atoms with Crippen LogP contribution in [-0.2, 0) is 4.79 Å². The number of hydrogen-bond donors (Lipinski definition) is 1. The van der Waals surface area contributed by atoms with Crippen LogP contribution in [-0.4, -0.2) is 17.7 Å². The Balaban J connectivity index is 2.60. The van der Waals surface area contributed by atoms with E-state index in [4.69, 9.17) is 21.4 Å². The maximum Gasteiger partial charge on any atom is 0.303 e. The Kier molecular flexibility index (Phi) is 5.57. The first-order valence-electron chi connectivity index (χ1n) is 5.44. The zero-order valence-corrected chi connectivity index (χ0v) is 10.4. The van der Waals surface area contributed by atoms with Gasteiger partial charge in [0.15, 0.2) is 0 Å². The molecule has 0 saturated heterocycles. The first kappa shape index (κ1) is 13.6. The van der Waals surface area contributed by atoms with E-state index < -0.39 is 5.97 Å². The molecule has 0 aliphatic rings. The summed E-state index contributed by atoms with van der Waals surface area (Å²) in [5.74, 6) is -0.128. The molecular formula is C13H15ClO3. The molecule has 0 atom stereocenters. The molecule has 0 aliphatic carbocycles. The molecule has 1 rings (SSSR count). The SMILES string of the molecule is CCOc1ccc(C=CCCC(=O)O)cc1Cl. The first-order valence-corrected chi connectivity index (χ1v) is 5.82. The van der Waals surface area contributed by atoms with E-state index in [0.717, 1.165) is 5.56 Å². The van der Waals surface area contributed by atoms with Crippen LogP contribution < -0.4 is 4.74 Å². The number of carboxylic acids is 1. The Morgan fingerprint density at radius 2 is 2.29 bits per heavy atom. The number of allylic oxidation sites excluding steroid dienone is 1. The van der Waals surface area contributed by atoms with Crippen molar-refractivity contribution < 1.29 is 14.6 Å². The van der Waals surface area contributed by atoms with Crippen LogP contribution in [0.5, 0.6) is 5.75 Å². The molecule has 17 heavy (non-hydrogen) atoms. The monoisotopic (exact) mass is 254 g/mol. The van der Waals surface area contributed by atoms with Gasteiger partial charge in [-0.25, -0.2) is 0 Å². The predicted octanol–water partition coefficient (Wildman–Crippen LogP) is 3.62. The topological polar surface area (TPSA) is 46.5 Å². The molecule has 92 valence electrons. The van der Waals surface area contributed by atoms with E-state index >= 15 is 0 Å². The quantitative estimate of drug-likeness (QED) is 0.843. The van der Waals surface area contributed by atoms with E-state index in [2.05, 4.69) is 0 Å². The highest BCUT2D eigenvalue weighted by Gasteiger charge is 2.00. The summed E-state index contributed by atoms with van der Waals surface area (Å²) < 4.78 is 5.31. The first-order chi connectivity index (χ1) is 8.13. The van der Waals surface area contributed by atoms with Gasteiger partial charge >= 0.3 is 5.97 Å². The smallest absolute Gasteiger partial charge is 0.303 e. The molecule has 0 fully saturated rings. The second-order valence-electron chi connectivity index (χ2n) is 3.46. The molecule has 0 heterocycles. The van der Waals surface area contributed by atoms with Gasteiger partial charge in [-0.1, -0.05) is 29.8 Å². The molecule has 0 aliphatic heterocycles. The lowest BCUT2D eigenvalue weighted by molar-refractivity contribution is -0.136. The molecule has 0 spiro atoms. The lowest BCUT2D eigenvalue weighted by atomic mass is 10.2. The molecule has 0 aromatic heterocycles. The normalized spacial score (nSPS) is 10.7. The van der Waals surface area contributed by atoms with Crippen molar-refractivity contribution >= 4 is 23.6 Å². The van der Waals surface area contributed by atoms with Gasteiger partial charge in [0.05, 0.1) is 11.6 Å². The highest BCUT2D eigenvalue weighted by atomic mass is 35.5. The van der Waals surface area contributed by atoms with E-state index in [9.17, 15) is 4.79 Å². The molecule has 0 bridgehead atoms. The van der Waals surface area contributed by atoms with Gasteiger partial charge in [-0.05, 0) is 31.0 Å². The summed E-state index contributed by atoms with van der Waals surface area (Å²) in [6.45, 7) is 2.48. The van der Waals surface area contributed by atoms with Gasteiger partial charge < -0.3 is 9.84 Å². The van der Waals surface area contributed by atoms with Crippen molar-refractivity contribution in [2.75, 3.05) is 6.61 Å². The Bertz CT molecular complexity index is 413. The van der Waals surface area contributed by atoms with Crippen LogP contribution in [0, 0.1) is 0 Å². The number of carboxylic acid groups (broad SMARTS) is 1. The highest BCUT2D eigenvalue weighted by molar-refractivity contribution is 6.32. The minimum Gasteiger partial charge on any atom is -0.492 e. The third-order valence-electron chi connectivity index (χ3n) is 2.09. The van der Waals surface area contributed by atoms with Crippen LogP contribution in [0.4, 0.5) is 0 Å². The lowest BCUT2D eigenvalue weighted by Crippen LogP contribution is -1.92. The fourth-order valence-electron chi connectivity index (χ4n) is 1.32. The molecule has 1 aromatic carbocycles. The Morgan fingerprint density at radius 1 is 1.53 bits per heavy atom. The summed E-state index contributed by atoms with van der Waals surface area (Å²) >= 11 is 6.02. The fraction of sp³-hybridized carbons (Fsp3) is 0.308. The molecule has 3 nitrogen and oxygen atoms in total. The summed E-state index contributed by atoms with van der Waals surface area (Å²) in [5, 5.41) is 9.04. The maximum absolute atomic E-state index is 10.3. The minimum atomic E-state index is -0.792. The average Bonchev–Trinajstić information content (AvgIpc) is 2.28. The number of ether oxygens (including phenoxy) is 1. The van der Waals surface area contributed by atoms with Gasteiger partial charge in [0.1, 0.15) is 5.75 Å². The number of hydrogen-bond acceptors (Lipinski definition) is 2. The lowest BCUT2D eigenvalue weighted by Gasteiger charge is -2.05. The van der Waals surface area contributed by atoms with Gasteiger partial charge in [0.2, 0.25) is 0 Å². The maximum atomic E-state index is 10.3. The van der Waals surface area contributed by atoms with Crippen molar-refractivity contribution in [2.24, 2.45) is 0 Å². The number of carbonyl (C=O) groups is 1. The number of benzene rings is 1. The zero-order valence-electron chi connectivity index (χ0n) is 9.65. The van der Waals surface area contributed by atoms with E-state index in [1.807, 2.05) is 31.2 Å². The van der Waals surface area contributed by atoms with E-state index in [1.54, 1.807) is 6.07 Å². The van der Waals surface area contributed by atoms with Crippen LogP contribution in [0.1, 0.15) is 25.3 Å².